The van der Waals surface area contributed by atoms with Crippen LogP contribution in [0.3, 0.4) is 0 Å². The topological polar surface area (TPSA) is 47.9 Å². The van der Waals surface area contributed by atoms with Crippen molar-refractivity contribution in [3.8, 4) is 5.75 Å². The highest BCUT2D eigenvalue weighted by Gasteiger charge is 2.24. The normalized spacial score (nSPS) is 14.6. The standard InChI is InChI=1S/C23H15ClFNO3/c24-18-7-5-17(6-8-18)22-26-21(23(27)29-22)13-15-3-11-20(12-4-15)28-14-16-1-9-19(25)10-2-16/h1-13H,14H2/b21-13-. The third-order valence-corrected chi connectivity index (χ3v) is 4.47. The number of cyclic esters (lactones) is 1. The molecule has 144 valence electrons. The van der Waals surface area contributed by atoms with E-state index in [9.17, 15) is 9.18 Å². The van der Waals surface area contributed by atoms with Crippen molar-refractivity contribution in [3.63, 3.8) is 0 Å². The summed E-state index contributed by atoms with van der Waals surface area (Å²) in [6.07, 6.45) is 1.65. The molecule has 0 amide bonds. The summed E-state index contributed by atoms with van der Waals surface area (Å²) in [5, 5.41) is 0.594. The first-order chi connectivity index (χ1) is 14.1. The molecule has 3 aromatic rings. The van der Waals surface area contributed by atoms with Crippen molar-refractivity contribution in [1.29, 1.82) is 0 Å². The number of nitrogens with zero attached hydrogens (tertiary/aromatic N) is 1. The van der Waals surface area contributed by atoms with Gasteiger partial charge in [0, 0.05) is 10.6 Å². The zero-order valence-electron chi connectivity index (χ0n) is 15.1. The maximum Gasteiger partial charge on any atom is 0.363 e. The van der Waals surface area contributed by atoms with Crippen molar-refractivity contribution in [2.24, 2.45) is 4.99 Å². The zero-order chi connectivity index (χ0) is 20.2. The highest BCUT2D eigenvalue weighted by molar-refractivity contribution is 6.30. The summed E-state index contributed by atoms with van der Waals surface area (Å²) in [6, 6.07) is 20.3. The van der Waals surface area contributed by atoms with Crippen LogP contribution in [0.5, 0.6) is 5.75 Å². The average molecular weight is 408 g/mol. The Kier molecular flexibility index (Phi) is 5.40. The fourth-order valence-corrected chi connectivity index (χ4v) is 2.82. The number of esters is 1. The predicted molar refractivity (Wildman–Crippen MR) is 109 cm³/mol. The Hall–Kier alpha value is -3.44. The molecule has 29 heavy (non-hydrogen) atoms. The first-order valence-electron chi connectivity index (χ1n) is 8.83. The fraction of sp³-hybridized carbons (Fsp3) is 0.0435. The van der Waals surface area contributed by atoms with E-state index in [1.165, 1.54) is 12.1 Å². The Morgan fingerprint density at radius 1 is 0.966 bits per heavy atom. The quantitative estimate of drug-likeness (QED) is 0.420. The first-order valence-corrected chi connectivity index (χ1v) is 9.20. The molecule has 1 aliphatic rings. The number of carbonyl (C=O) groups excluding carboxylic acids is 1. The number of benzene rings is 3. The average Bonchev–Trinajstić information content (AvgIpc) is 3.09. The van der Waals surface area contributed by atoms with Crippen LogP contribution >= 0.6 is 11.6 Å². The van der Waals surface area contributed by atoms with Crippen molar-refractivity contribution in [1.82, 2.24) is 0 Å². The Labute approximate surface area is 171 Å². The lowest BCUT2D eigenvalue weighted by Crippen LogP contribution is -2.05. The molecule has 4 nitrogen and oxygen atoms in total. The van der Waals surface area contributed by atoms with E-state index in [0.29, 0.717) is 22.9 Å². The van der Waals surface area contributed by atoms with Crippen LogP contribution in [-0.4, -0.2) is 11.9 Å². The van der Waals surface area contributed by atoms with Crippen molar-refractivity contribution in [2.45, 2.75) is 6.61 Å². The summed E-state index contributed by atoms with van der Waals surface area (Å²) in [5.74, 6) is 0.123. The number of rotatable bonds is 5. The monoisotopic (exact) mass is 407 g/mol. The van der Waals surface area contributed by atoms with Crippen molar-refractivity contribution in [2.75, 3.05) is 0 Å². The summed E-state index contributed by atoms with van der Waals surface area (Å²) < 4.78 is 23.9. The molecule has 0 bridgehead atoms. The third-order valence-electron chi connectivity index (χ3n) is 4.21. The third kappa shape index (κ3) is 4.70. The molecule has 1 heterocycles. The van der Waals surface area contributed by atoms with Crippen LogP contribution in [0.2, 0.25) is 5.02 Å². The maximum absolute atomic E-state index is 12.9. The number of aliphatic imine (C=N–C) groups is 1. The van der Waals surface area contributed by atoms with Crippen molar-refractivity contribution in [3.05, 3.63) is 106 Å². The van der Waals surface area contributed by atoms with Gasteiger partial charge in [-0.2, -0.15) is 0 Å². The van der Waals surface area contributed by atoms with Crippen LogP contribution in [0.25, 0.3) is 6.08 Å². The molecule has 6 heteroatoms. The van der Waals surface area contributed by atoms with Crippen LogP contribution in [-0.2, 0) is 16.1 Å². The van der Waals surface area contributed by atoms with E-state index in [2.05, 4.69) is 4.99 Å². The highest BCUT2D eigenvalue weighted by atomic mass is 35.5. The molecule has 0 unspecified atom stereocenters. The van der Waals surface area contributed by atoms with Crippen molar-refractivity contribution < 1.29 is 18.7 Å². The molecule has 4 rings (SSSR count). The van der Waals surface area contributed by atoms with E-state index in [0.717, 1.165) is 11.1 Å². The molecular weight excluding hydrogens is 393 g/mol. The van der Waals surface area contributed by atoms with Crippen molar-refractivity contribution >= 4 is 29.5 Å². The highest BCUT2D eigenvalue weighted by Crippen LogP contribution is 2.22. The number of hydrogen-bond acceptors (Lipinski definition) is 4. The molecule has 0 aliphatic carbocycles. The van der Waals surface area contributed by atoms with Gasteiger partial charge in [0.1, 0.15) is 18.2 Å². The number of hydrogen-bond donors (Lipinski definition) is 0. The minimum atomic E-state index is -0.508. The molecule has 3 aromatic carbocycles. The van der Waals surface area contributed by atoms with Gasteiger partial charge in [-0.3, -0.25) is 0 Å². The molecular formula is C23H15ClFNO3. The molecule has 0 aromatic heterocycles. The van der Waals surface area contributed by atoms with E-state index in [4.69, 9.17) is 21.1 Å². The Morgan fingerprint density at radius 2 is 1.66 bits per heavy atom. The lowest BCUT2D eigenvalue weighted by Gasteiger charge is -2.06. The van der Waals surface area contributed by atoms with Gasteiger partial charge < -0.3 is 9.47 Å². The first kappa shape index (κ1) is 18.9. The molecule has 0 radical (unpaired) electrons. The van der Waals surface area contributed by atoms with E-state index < -0.39 is 5.97 Å². The summed E-state index contributed by atoms with van der Waals surface area (Å²) in [5.41, 5.74) is 2.55. The summed E-state index contributed by atoms with van der Waals surface area (Å²) in [7, 11) is 0. The zero-order valence-corrected chi connectivity index (χ0v) is 15.9. The van der Waals surface area contributed by atoms with E-state index >= 15 is 0 Å². The van der Waals surface area contributed by atoms with E-state index in [1.807, 2.05) is 12.1 Å². The molecule has 1 aliphatic heterocycles. The van der Waals surface area contributed by atoms with Crippen LogP contribution < -0.4 is 4.74 Å². The molecule has 0 fully saturated rings. The maximum atomic E-state index is 12.9. The van der Waals surface area contributed by atoms with Gasteiger partial charge in [0.2, 0.25) is 5.90 Å². The second-order valence-corrected chi connectivity index (χ2v) is 6.76. The minimum absolute atomic E-state index is 0.218. The van der Waals surface area contributed by atoms with Gasteiger partial charge >= 0.3 is 5.97 Å². The Bertz CT molecular complexity index is 1090. The summed E-state index contributed by atoms with van der Waals surface area (Å²) in [4.78, 5) is 16.4. The van der Waals surface area contributed by atoms with Gasteiger partial charge in [-0.1, -0.05) is 35.9 Å². The van der Waals surface area contributed by atoms with Gasteiger partial charge in [-0.15, -0.1) is 0 Å². The van der Waals surface area contributed by atoms with Gasteiger partial charge in [0.15, 0.2) is 5.70 Å². The lowest BCUT2D eigenvalue weighted by molar-refractivity contribution is -0.129. The summed E-state index contributed by atoms with van der Waals surface area (Å²) in [6.45, 7) is 0.335. The number of halogens is 2. The van der Waals surface area contributed by atoms with Gasteiger partial charge in [-0.05, 0) is 65.7 Å². The van der Waals surface area contributed by atoms with Crippen LogP contribution in [0.15, 0.2) is 83.5 Å². The Balaban J connectivity index is 1.44. The van der Waals surface area contributed by atoms with Gasteiger partial charge in [0.25, 0.3) is 0 Å². The Morgan fingerprint density at radius 3 is 2.34 bits per heavy atom. The largest absolute Gasteiger partial charge is 0.489 e. The van der Waals surface area contributed by atoms with Crippen LogP contribution in [0, 0.1) is 5.82 Å². The van der Waals surface area contributed by atoms with E-state index in [-0.39, 0.29) is 17.4 Å². The second kappa shape index (κ2) is 8.29. The lowest BCUT2D eigenvalue weighted by atomic mass is 10.2. The minimum Gasteiger partial charge on any atom is -0.489 e. The second-order valence-electron chi connectivity index (χ2n) is 6.33. The van der Waals surface area contributed by atoms with Crippen LogP contribution in [0.4, 0.5) is 4.39 Å². The molecule has 0 saturated carbocycles. The number of carbonyl (C=O) groups is 1. The molecule has 0 spiro atoms. The smallest absolute Gasteiger partial charge is 0.363 e. The summed E-state index contributed by atoms with van der Waals surface area (Å²) >= 11 is 5.87. The molecule has 0 atom stereocenters. The van der Waals surface area contributed by atoms with Crippen LogP contribution in [0.1, 0.15) is 16.7 Å². The van der Waals surface area contributed by atoms with Gasteiger partial charge in [-0.25, -0.2) is 14.2 Å². The SMILES string of the molecule is O=C1OC(c2ccc(Cl)cc2)=N/C1=C\c1ccc(OCc2ccc(F)cc2)cc1. The predicted octanol–water partition coefficient (Wildman–Crippen LogP) is 5.40. The fourth-order valence-electron chi connectivity index (χ4n) is 2.69. The van der Waals surface area contributed by atoms with Gasteiger partial charge in [0.05, 0.1) is 0 Å². The van der Waals surface area contributed by atoms with E-state index in [1.54, 1.807) is 54.6 Å². The number of ether oxygens (including phenoxy) is 2. The molecule has 0 N–H and O–H groups in total. The molecule has 0 saturated heterocycles.